The highest BCUT2D eigenvalue weighted by molar-refractivity contribution is 5.69. The van der Waals surface area contributed by atoms with Crippen LogP contribution in [0.5, 0.6) is 0 Å². The van der Waals surface area contributed by atoms with Crippen LogP contribution in [0.1, 0.15) is 26.2 Å². The van der Waals surface area contributed by atoms with Crippen molar-refractivity contribution in [3.8, 4) is 0 Å². The van der Waals surface area contributed by atoms with Crippen LogP contribution in [0.3, 0.4) is 0 Å². The van der Waals surface area contributed by atoms with Gasteiger partial charge in [-0.1, -0.05) is 13.3 Å². The zero-order valence-corrected chi connectivity index (χ0v) is 16.4. The van der Waals surface area contributed by atoms with Gasteiger partial charge in [0, 0.05) is 33.1 Å². The molecule has 1 rings (SSSR count). The summed E-state index contributed by atoms with van der Waals surface area (Å²) < 4.78 is 26.5. The predicted molar refractivity (Wildman–Crippen MR) is 97.3 cm³/mol. The predicted octanol–water partition coefficient (Wildman–Crippen LogP) is 1.42. The number of unbranched alkanes of at least 4 members (excludes halogenated alkanes) is 1. The van der Waals surface area contributed by atoms with Crippen LogP contribution in [0, 0.1) is 0 Å². The van der Waals surface area contributed by atoms with Crippen LogP contribution in [0.15, 0.2) is 12.4 Å². The Morgan fingerprint density at radius 2 is 1.58 bits per heavy atom. The quantitative estimate of drug-likeness (QED) is 0.297. The van der Waals surface area contributed by atoms with Crippen molar-refractivity contribution in [2.45, 2.75) is 32.5 Å². The second kappa shape index (κ2) is 14.8. The third-order valence-electron chi connectivity index (χ3n) is 3.76. The van der Waals surface area contributed by atoms with Crippen molar-refractivity contribution in [3.63, 3.8) is 0 Å². The van der Waals surface area contributed by atoms with Crippen LogP contribution in [-0.4, -0.2) is 89.1 Å². The summed E-state index contributed by atoms with van der Waals surface area (Å²) >= 11 is 0. The lowest BCUT2D eigenvalue weighted by Gasteiger charge is -2.29. The molecule has 0 amide bonds. The number of hydrogen-bond acceptors (Lipinski definition) is 8. The number of esters is 1. The van der Waals surface area contributed by atoms with Gasteiger partial charge < -0.3 is 33.5 Å². The van der Waals surface area contributed by atoms with Gasteiger partial charge in [0.1, 0.15) is 0 Å². The fourth-order valence-corrected chi connectivity index (χ4v) is 2.26. The van der Waals surface area contributed by atoms with E-state index in [0.29, 0.717) is 46.2 Å². The summed E-state index contributed by atoms with van der Waals surface area (Å²) in [6, 6.07) is 0. The Hall–Kier alpha value is -1.35. The fraction of sp³-hybridized carbons (Fsp3) is 0.833. The number of ether oxygens (including phenoxy) is 5. The van der Waals surface area contributed by atoms with E-state index < -0.39 is 0 Å². The Bertz CT molecular complexity index is 394. The first-order valence-electron chi connectivity index (χ1n) is 9.26. The Morgan fingerprint density at radius 1 is 0.962 bits per heavy atom. The molecular formula is C18H34N2O6. The molecule has 0 aromatic carbocycles. The minimum Gasteiger partial charge on any atom is -0.422 e. The number of hydrogen-bond donors (Lipinski definition) is 0. The van der Waals surface area contributed by atoms with E-state index in [-0.39, 0.29) is 18.7 Å². The number of nitrogens with zero attached hydrogens (tertiary/aromatic N) is 2. The maximum absolute atomic E-state index is 12.0. The molecule has 0 aromatic rings. The lowest BCUT2D eigenvalue weighted by atomic mass is 10.3. The van der Waals surface area contributed by atoms with Gasteiger partial charge in [0.2, 0.25) is 0 Å². The number of rotatable bonds is 16. The van der Waals surface area contributed by atoms with E-state index >= 15 is 0 Å². The zero-order chi connectivity index (χ0) is 19.0. The van der Waals surface area contributed by atoms with Crippen LogP contribution in [-0.2, 0) is 28.5 Å². The second-order valence-corrected chi connectivity index (χ2v) is 5.95. The van der Waals surface area contributed by atoms with Crippen molar-refractivity contribution in [1.29, 1.82) is 0 Å². The fourth-order valence-electron chi connectivity index (χ4n) is 2.26. The molecule has 152 valence electrons. The summed E-state index contributed by atoms with van der Waals surface area (Å²) in [5, 5.41) is 0. The lowest BCUT2D eigenvalue weighted by molar-refractivity contribution is -0.168. The van der Waals surface area contributed by atoms with Crippen molar-refractivity contribution >= 4 is 5.97 Å². The van der Waals surface area contributed by atoms with E-state index in [9.17, 15) is 4.79 Å². The van der Waals surface area contributed by atoms with E-state index in [1.165, 1.54) is 0 Å². The monoisotopic (exact) mass is 374 g/mol. The van der Waals surface area contributed by atoms with Crippen LogP contribution in [0.2, 0.25) is 0 Å². The highest BCUT2D eigenvalue weighted by atomic mass is 16.6. The Labute approximate surface area is 156 Å². The van der Waals surface area contributed by atoms with Gasteiger partial charge in [0.05, 0.1) is 52.7 Å². The highest BCUT2D eigenvalue weighted by Crippen LogP contribution is 2.16. The first-order valence-corrected chi connectivity index (χ1v) is 9.26. The average Bonchev–Trinajstić information content (AvgIpc) is 2.97. The zero-order valence-electron chi connectivity index (χ0n) is 16.4. The molecule has 0 fully saturated rings. The molecule has 1 aliphatic heterocycles. The molecule has 1 unspecified atom stereocenters. The van der Waals surface area contributed by atoms with Crippen molar-refractivity contribution in [2.24, 2.45) is 0 Å². The van der Waals surface area contributed by atoms with Crippen LogP contribution in [0.25, 0.3) is 0 Å². The van der Waals surface area contributed by atoms with Gasteiger partial charge in [-0.25, -0.2) is 0 Å². The largest absolute Gasteiger partial charge is 0.422 e. The normalized spacial score (nSPS) is 16.5. The smallest absolute Gasteiger partial charge is 0.311 e. The first-order chi connectivity index (χ1) is 12.7. The molecule has 0 aliphatic carbocycles. The summed E-state index contributed by atoms with van der Waals surface area (Å²) in [6.45, 7) is 6.46. The second-order valence-electron chi connectivity index (χ2n) is 5.95. The Balaban J connectivity index is 1.99. The average molecular weight is 374 g/mol. The molecule has 8 nitrogen and oxygen atoms in total. The number of carbonyl (C=O) groups excluding carboxylic acids is 1. The summed E-state index contributed by atoms with van der Waals surface area (Å²) in [4.78, 5) is 15.9. The van der Waals surface area contributed by atoms with E-state index in [1.807, 2.05) is 29.2 Å². The third-order valence-corrected chi connectivity index (χ3v) is 3.76. The van der Waals surface area contributed by atoms with Crippen molar-refractivity contribution < 1.29 is 28.5 Å². The van der Waals surface area contributed by atoms with Gasteiger partial charge in [0.15, 0.2) is 0 Å². The van der Waals surface area contributed by atoms with E-state index in [4.69, 9.17) is 23.7 Å². The van der Waals surface area contributed by atoms with E-state index in [1.54, 1.807) is 7.11 Å². The molecule has 8 heteroatoms. The lowest BCUT2D eigenvalue weighted by Crippen LogP contribution is -2.41. The van der Waals surface area contributed by atoms with Gasteiger partial charge in [-0.15, -0.1) is 0 Å². The molecule has 0 bridgehead atoms. The molecule has 26 heavy (non-hydrogen) atoms. The van der Waals surface area contributed by atoms with Gasteiger partial charge in [-0.05, 0) is 6.42 Å². The number of carbonyl (C=O) groups is 1. The van der Waals surface area contributed by atoms with Crippen LogP contribution >= 0.6 is 0 Å². The van der Waals surface area contributed by atoms with Crippen molar-refractivity contribution in [3.05, 3.63) is 12.4 Å². The molecule has 0 radical (unpaired) electrons. The molecule has 0 saturated carbocycles. The SMILES string of the molecule is CCCCN1C=CN(C)C1OC(=O)CCOCCOCCOCCOC. The van der Waals surface area contributed by atoms with Crippen molar-refractivity contribution in [2.75, 3.05) is 67.0 Å². The topological polar surface area (TPSA) is 69.7 Å². The van der Waals surface area contributed by atoms with Gasteiger partial charge in [0.25, 0.3) is 6.35 Å². The Morgan fingerprint density at radius 3 is 2.19 bits per heavy atom. The molecule has 0 saturated heterocycles. The van der Waals surface area contributed by atoms with Crippen molar-refractivity contribution in [1.82, 2.24) is 9.80 Å². The third kappa shape index (κ3) is 9.96. The van der Waals surface area contributed by atoms with E-state index in [2.05, 4.69) is 6.92 Å². The molecule has 0 N–H and O–H groups in total. The minimum absolute atomic E-state index is 0.228. The van der Waals surface area contributed by atoms with Crippen LogP contribution < -0.4 is 0 Å². The Kier molecular flexibility index (Phi) is 12.9. The van der Waals surface area contributed by atoms with Crippen LogP contribution in [0.4, 0.5) is 0 Å². The molecular weight excluding hydrogens is 340 g/mol. The summed E-state index contributed by atoms with van der Waals surface area (Å²) in [6.07, 6.45) is 5.92. The minimum atomic E-state index is -0.351. The number of methoxy groups -OCH3 is 1. The maximum atomic E-state index is 12.0. The highest BCUT2D eigenvalue weighted by Gasteiger charge is 2.26. The van der Waals surface area contributed by atoms with Gasteiger partial charge >= 0.3 is 5.97 Å². The summed E-state index contributed by atoms with van der Waals surface area (Å²) in [7, 11) is 3.53. The molecule has 1 heterocycles. The van der Waals surface area contributed by atoms with E-state index in [0.717, 1.165) is 19.4 Å². The summed E-state index contributed by atoms with van der Waals surface area (Å²) in [5.74, 6) is -0.264. The van der Waals surface area contributed by atoms with Gasteiger partial charge in [-0.2, -0.15) is 0 Å². The molecule has 0 spiro atoms. The molecule has 1 aliphatic rings. The molecule has 0 aromatic heterocycles. The van der Waals surface area contributed by atoms with Gasteiger partial charge in [-0.3, -0.25) is 4.79 Å². The maximum Gasteiger partial charge on any atom is 0.311 e. The standard InChI is InChI=1S/C18H34N2O6/c1-4-5-7-20-9-8-19(2)18(20)26-17(21)6-10-23-13-14-25-16-15-24-12-11-22-3/h8-9,18H,4-7,10-16H2,1-3H3. The summed E-state index contributed by atoms with van der Waals surface area (Å²) in [5.41, 5.74) is 0. The molecule has 1 atom stereocenters. The first kappa shape index (κ1) is 22.7.